The number of aryl methyl sites for hydroxylation is 1. The van der Waals surface area contributed by atoms with Crippen molar-refractivity contribution in [2.24, 2.45) is 0 Å². The molecule has 2 heterocycles. The van der Waals surface area contributed by atoms with E-state index in [9.17, 15) is 4.79 Å². The summed E-state index contributed by atoms with van der Waals surface area (Å²) < 4.78 is 0. The normalized spacial score (nSPS) is 10.4. The third-order valence-electron chi connectivity index (χ3n) is 3.64. The van der Waals surface area contributed by atoms with Crippen molar-refractivity contribution in [3.8, 4) is 0 Å². The lowest BCUT2D eigenvalue weighted by molar-refractivity contribution is 0.0946. The molecule has 3 aromatic rings. The number of nitrogens with one attached hydrogen (secondary N) is 2. The van der Waals surface area contributed by atoms with Gasteiger partial charge < -0.3 is 10.6 Å². The fraction of sp³-hybridized carbons (Fsp3) is 0.158. The molecule has 0 aliphatic heterocycles. The van der Waals surface area contributed by atoms with Crippen LogP contribution in [0.2, 0.25) is 5.02 Å². The first-order valence-electron chi connectivity index (χ1n) is 8.13. The summed E-state index contributed by atoms with van der Waals surface area (Å²) in [4.78, 5) is 25.3. The lowest BCUT2D eigenvalue weighted by atomic mass is 10.2. The van der Waals surface area contributed by atoms with E-state index in [0.717, 1.165) is 11.3 Å². The van der Waals surface area contributed by atoms with Crippen LogP contribution in [-0.4, -0.2) is 20.9 Å². The number of anilines is 1. The average Bonchev–Trinajstić information content (AvgIpc) is 2.66. The minimum atomic E-state index is -0.281. The Balaban J connectivity index is 1.66. The highest BCUT2D eigenvalue weighted by Gasteiger charge is 2.11. The summed E-state index contributed by atoms with van der Waals surface area (Å²) in [5.74, 6) is 0.106. The molecule has 1 aromatic carbocycles. The van der Waals surface area contributed by atoms with Crippen molar-refractivity contribution in [3.63, 3.8) is 0 Å². The van der Waals surface area contributed by atoms with E-state index in [2.05, 4.69) is 25.6 Å². The molecule has 0 spiro atoms. The molecule has 0 fully saturated rings. The van der Waals surface area contributed by atoms with Crippen LogP contribution in [0.15, 0.2) is 54.7 Å². The number of aromatic nitrogens is 3. The largest absolute Gasteiger partial charge is 0.349 e. The van der Waals surface area contributed by atoms with Crippen molar-refractivity contribution in [1.29, 1.82) is 0 Å². The second-order valence-electron chi connectivity index (χ2n) is 5.67. The summed E-state index contributed by atoms with van der Waals surface area (Å²) in [6.07, 6.45) is 1.72. The van der Waals surface area contributed by atoms with E-state index in [1.165, 1.54) is 0 Å². The highest BCUT2D eigenvalue weighted by Crippen LogP contribution is 2.14. The van der Waals surface area contributed by atoms with Crippen LogP contribution < -0.4 is 10.6 Å². The lowest BCUT2D eigenvalue weighted by Gasteiger charge is -2.09. The Bertz CT molecular complexity index is 901. The molecule has 1 amide bonds. The molecule has 0 saturated heterocycles. The smallest absolute Gasteiger partial charge is 0.270 e. The molecular weight excluding hydrogens is 350 g/mol. The van der Waals surface area contributed by atoms with Gasteiger partial charge in [0.25, 0.3) is 5.91 Å². The predicted octanol–water partition coefficient (Wildman–Crippen LogP) is 3.38. The van der Waals surface area contributed by atoms with Crippen LogP contribution in [0, 0.1) is 6.92 Å². The van der Waals surface area contributed by atoms with E-state index in [1.54, 1.807) is 18.3 Å². The third kappa shape index (κ3) is 4.77. The first-order valence-corrected chi connectivity index (χ1v) is 8.50. The monoisotopic (exact) mass is 367 g/mol. The molecule has 7 heteroatoms. The Kier molecular flexibility index (Phi) is 5.76. The van der Waals surface area contributed by atoms with Gasteiger partial charge in [-0.25, -0.2) is 9.97 Å². The first kappa shape index (κ1) is 17.8. The fourth-order valence-corrected chi connectivity index (χ4v) is 2.55. The highest BCUT2D eigenvalue weighted by atomic mass is 35.5. The van der Waals surface area contributed by atoms with Gasteiger partial charge in [0, 0.05) is 23.5 Å². The van der Waals surface area contributed by atoms with Crippen molar-refractivity contribution < 1.29 is 4.79 Å². The van der Waals surface area contributed by atoms with Gasteiger partial charge in [-0.05, 0) is 36.8 Å². The van der Waals surface area contributed by atoms with E-state index in [4.69, 9.17) is 11.6 Å². The van der Waals surface area contributed by atoms with Gasteiger partial charge in [-0.2, -0.15) is 0 Å². The maximum absolute atomic E-state index is 12.4. The summed E-state index contributed by atoms with van der Waals surface area (Å²) >= 11 is 6.11. The number of carbonyl (C=O) groups is 1. The number of carbonyl (C=O) groups excluding carboxylic acids is 1. The van der Waals surface area contributed by atoms with Gasteiger partial charge in [0.2, 0.25) is 5.95 Å². The predicted molar refractivity (Wildman–Crippen MR) is 101 cm³/mol. The molecular formula is C19H18ClN5O. The van der Waals surface area contributed by atoms with Crippen molar-refractivity contribution in [1.82, 2.24) is 20.3 Å². The highest BCUT2D eigenvalue weighted by molar-refractivity contribution is 6.31. The standard InChI is InChI=1S/C19H18ClN5O/c1-13-10-17(18(26)22-11-14-6-2-3-8-16(14)20)25-19(24-13)23-12-15-7-4-5-9-21-15/h2-10H,11-12H2,1H3,(H,22,26)(H,23,24,25). The van der Waals surface area contributed by atoms with E-state index in [1.807, 2.05) is 43.3 Å². The molecule has 0 bridgehead atoms. The van der Waals surface area contributed by atoms with Crippen LogP contribution in [-0.2, 0) is 13.1 Å². The maximum atomic E-state index is 12.4. The van der Waals surface area contributed by atoms with Gasteiger partial charge in [0.05, 0.1) is 12.2 Å². The van der Waals surface area contributed by atoms with Gasteiger partial charge in [-0.3, -0.25) is 9.78 Å². The van der Waals surface area contributed by atoms with Crippen LogP contribution in [0.4, 0.5) is 5.95 Å². The number of pyridine rings is 1. The molecule has 3 rings (SSSR count). The van der Waals surface area contributed by atoms with Crippen molar-refractivity contribution in [2.75, 3.05) is 5.32 Å². The molecule has 0 atom stereocenters. The third-order valence-corrected chi connectivity index (χ3v) is 4.01. The Hall–Kier alpha value is -2.99. The summed E-state index contributed by atoms with van der Waals surface area (Å²) in [5.41, 5.74) is 2.71. The fourth-order valence-electron chi connectivity index (χ4n) is 2.34. The van der Waals surface area contributed by atoms with Crippen LogP contribution in [0.3, 0.4) is 0 Å². The second-order valence-corrected chi connectivity index (χ2v) is 6.07. The number of rotatable bonds is 6. The van der Waals surface area contributed by atoms with Gasteiger partial charge in [0.1, 0.15) is 5.69 Å². The quantitative estimate of drug-likeness (QED) is 0.698. The number of hydrogen-bond donors (Lipinski definition) is 2. The zero-order valence-electron chi connectivity index (χ0n) is 14.2. The van der Waals surface area contributed by atoms with E-state index in [-0.39, 0.29) is 5.91 Å². The summed E-state index contributed by atoms with van der Waals surface area (Å²) in [5, 5.41) is 6.54. The van der Waals surface area contributed by atoms with Crippen LogP contribution in [0.5, 0.6) is 0 Å². The van der Waals surface area contributed by atoms with Crippen molar-refractivity contribution >= 4 is 23.5 Å². The van der Waals surface area contributed by atoms with E-state index in [0.29, 0.717) is 35.4 Å². The molecule has 0 aliphatic carbocycles. The van der Waals surface area contributed by atoms with E-state index < -0.39 is 0 Å². The molecule has 0 saturated carbocycles. The minimum Gasteiger partial charge on any atom is -0.349 e. The molecule has 2 aromatic heterocycles. The Morgan fingerprint density at radius 1 is 1.08 bits per heavy atom. The SMILES string of the molecule is Cc1cc(C(=O)NCc2ccccc2Cl)nc(NCc2ccccn2)n1. The van der Waals surface area contributed by atoms with Crippen LogP contribution in [0.1, 0.15) is 27.4 Å². The Labute approximate surface area is 156 Å². The van der Waals surface area contributed by atoms with Gasteiger partial charge >= 0.3 is 0 Å². The zero-order chi connectivity index (χ0) is 18.4. The average molecular weight is 368 g/mol. The summed E-state index contributed by atoms with van der Waals surface area (Å²) in [6.45, 7) is 2.63. The van der Waals surface area contributed by atoms with Gasteiger partial charge in [0.15, 0.2) is 0 Å². The Morgan fingerprint density at radius 3 is 2.65 bits per heavy atom. The molecule has 0 aliphatic rings. The summed E-state index contributed by atoms with van der Waals surface area (Å²) in [6, 6.07) is 14.7. The van der Waals surface area contributed by atoms with Crippen molar-refractivity contribution in [3.05, 3.63) is 82.4 Å². The maximum Gasteiger partial charge on any atom is 0.270 e. The topological polar surface area (TPSA) is 79.8 Å². The zero-order valence-corrected chi connectivity index (χ0v) is 15.0. The number of hydrogen-bond acceptors (Lipinski definition) is 5. The van der Waals surface area contributed by atoms with Gasteiger partial charge in [-0.1, -0.05) is 35.9 Å². The Morgan fingerprint density at radius 2 is 1.88 bits per heavy atom. The second kappa shape index (κ2) is 8.40. The molecule has 26 heavy (non-hydrogen) atoms. The summed E-state index contributed by atoms with van der Waals surface area (Å²) in [7, 11) is 0. The van der Waals surface area contributed by atoms with Crippen LogP contribution >= 0.6 is 11.6 Å². The van der Waals surface area contributed by atoms with Crippen LogP contribution in [0.25, 0.3) is 0 Å². The number of nitrogens with zero attached hydrogens (tertiary/aromatic N) is 3. The van der Waals surface area contributed by atoms with Crippen molar-refractivity contribution in [2.45, 2.75) is 20.0 Å². The number of halogens is 1. The molecule has 2 N–H and O–H groups in total. The first-order chi connectivity index (χ1) is 12.6. The lowest BCUT2D eigenvalue weighted by Crippen LogP contribution is -2.24. The molecule has 132 valence electrons. The van der Waals surface area contributed by atoms with E-state index >= 15 is 0 Å². The molecule has 0 unspecified atom stereocenters. The van der Waals surface area contributed by atoms with Gasteiger partial charge in [-0.15, -0.1) is 0 Å². The number of benzene rings is 1. The minimum absolute atomic E-state index is 0.281. The molecule has 0 radical (unpaired) electrons. The molecule has 6 nitrogen and oxygen atoms in total. The number of amides is 1.